The highest BCUT2D eigenvalue weighted by molar-refractivity contribution is 5.71. The summed E-state index contributed by atoms with van der Waals surface area (Å²) in [6.07, 6.45) is 1.56. The lowest BCUT2D eigenvalue weighted by Crippen LogP contribution is -2.39. The van der Waals surface area contributed by atoms with Gasteiger partial charge in [0.15, 0.2) is 11.2 Å². The number of nitrogens with zero attached hydrogens (tertiary/aromatic N) is 4. The second-order valence-corrected chi connectivity index (χ2v) is 5.82. The lowest BCUT2D eigenvalue weighted by atomic mass is 10.1. The number of imidazole rings is 1. The molecule has 0 unspecified atom stereocenters. The molecule has 2 aromatic heterocycles. The van der Waals surface area contributed by atoms with Crippen LogP contribution < -0.4 is 11.2 Å². The van der Waals surface area contributed by atoms with E-state index in [1.54, 1.807) is 11.5 Å². The maximum absolute atomic E-state index is 12.6. The van der Waals surface area contributed by atoms with Gasteiger partial charge in [-0.15, -0.1) is 0 Å². The molecule has 1 aromatic carbocycles. The molecule has 3 aromatic rings. The number of hydrogen-bond donors (Lipinski definition) is 0. The largest absolute Gasteiger partial charge is 0.332 e. The molecule has 0 bridgehead atoms. The smallest absolute Gasteiger partial charge is 0.325 e. The Morgan fingerprint density at radius 1 is 0.958 bits per heavy atom. The van der Waals surface area contributed by atoms with Gasteiger partial charge < -0.3 is 4.57 Å². The van der Waals surface area contributed by atoms with Crippen LogP contribution in [0.25, 0.3) is 11.2 Å². The van der Waals surface area contributed by atoms with Gasteiger partial charge >= 0.3 is 5.69 Å². The van der Waals surface area contributed by atoms with Crippen LogP contribution in [0.5, 0.6) is 0 Å². The molecule has 0 spiro atoms. The first kappa shape index (κ1) is 16.2. The van der Waals surface area contributed by atoms with Gasteiger partial charge in [-0.3, -0.25) is 13.9 Å². The van der Waals surface area contributed by atoms with Crippen molar-refractivity contribution in [1.29, 1.82) is 0 Å². The first-order valence-corrected chi connectivity index (χ1v) is 8.31. The van der Waals surface area contributed by atoms with Crippen LogP contribution in [0.2, 0.25) is 0 Å². The summed E-state index contributed by atoms with van der Waals surface area (Å²) in [6.45, 7) is 4.55. The Kier molecular flexibility index (Phi) is 4.38. The van der Waals surface area contributed by atoms with Crippen molar-refractivity contribution in [2.75, 3.05) is 0 Å². The number of aryl methyl sites for hydroxylation is 4. The SMILES string of the molecule is CCn1c(=O)c2c(nc(CCc3ccccc3)n2C)n(CC)c1=O. The van der Waals surface area contributed by atoms with Crippen LogP contribution in [0.4, 0.5) is 0 Å². The van der Waals surface area contributed by atoms with Crippen molar-refractivity contribution < 1.29 is 0 Å². The van der Waals surface area contributed by atoms with Crippen LogP contribution in [0.1, 0.15) is 25.2 Å². The minimum Gasteiger partial charge on any atom is -0.325 e. The van der Waals surface area contributed by atoms with Crippen LogP contribution in [-0.2, 0) is 33.0 Å². The Hall–Kier alpha value is -2.63. The highest BCUT2D eigenvalue weighted by atomic mass is 16.2. The van der Waals surface area contributed by atoms with E-state index in [1.165, 1.54) is 10.1 Å². The van der Waals surface area contributed by atoms with Crippen LogP contribution in [-0.4, -0.2) is 18.7 Å². The summed E-state index contributed by atoms with van der Waals surface area (Å²) in [6, 6.07) is 10.2. The van der Waals surface area contributed by atoms with Crippen molar-refractivity contribution in [3.05, 3.63) is 62.6 Å². The number of benzene rings is 1. The number of fused-ring (bicyclic) bond motifs is 1. The molecule has 126 valence electrons. The molecule has 0 atom stereocenters. The van der Waals surface area contributed by atoms with Gasteiger partial charge in [-0.1, -0.05) is 30.3 Å². The second kappa shape index (κ2) is 6.47. The van der Waals surface area contributed by atoms with Crippen molar-refractivity contribution in [3.63, 3.8) is 0 Å². The molecular weight excluding hydrogens is 304 g/mol. The molecule has 0 saturated carbocycles. The van der Waals surface area contributed by atoms with E-state index in [0.717, 1.165) is 18.7 Å². The zero-order valence-corrected chi connectivity index (χ0v) is 14.3. The van der Waals surface area contributed by atoms with Gasteiger partial charge in [-0.25, -0.2) is 9.78 Å². The Morgan fingerprint density at radius 3 is 2.25 bits per heavy atom. The fourth-order valence-corrected chi connectivity index (χ4v) is 3.10. The molecule has 2 heterocycles. The van der Waals surface area contributed by atoms with Crippen molar-refractivity contribution in [3.8, 4) is 0 Å². The van der Waals surface area contributed by atoms with Crippen LogP contribution in [0.15, 0.2) is 39.9 Å². The molecule has 0 aliphatic carbocycles. The summed E-state index contributed by atoms with van der Waals surface area (Å²) in [5, 5.41) is 0. The molecular formula is C18H22N4O2. The Morgan fingerprint density at radius 2 is 1.62 bits per heavy atom. The minimum absolute atomic E-state index is 0.261. The van der Waals surface area contributed by atoms with Gasteiger partial charge in [-0.05, 0) is 25.8 Å². The summed E-state index contributed by atoms with van der Waals surface area (Å²) in [7, 11) is 1.85. The number of rotatable bonds is 5. The zero-order valence-electron chi connectivity index (χ0n) is 14.3. The van der Waals surface area contributed by atoms with Crippen molar-refractivity contribution in [2.45, 2.75) is 39.8 Å². The van der Waals surface area contributed by atoms with E-state index >= 15 is 0 Å². The summed E-state index contributed by atoms with van der Waals surface area (Å²) >= 11 is 0. The highest BCUT2D eigenvalue weighted by Crippen LogP contribution is 2.12. The molecule has 24 heavy (non-hydrogen) atoms. The fourth-order valence-electron chi connectivity index (χ4n) is 3.10. The van der Waals surface area contributed by atoms with E-state index < -0.39 is 0 Å². The molecule has 0 fully saturated rings. The van der Waals surface area contributed by atoms with Gasteiger partial charge in [-0.2, -0.15) is 0 Å². The molecule has 6 heteroatoms. The third kappa shape index (κ3) is 2.58. The van der Waals surface area contributed by atoms with Gasteiger partial charge in [0.2, 0.25) is 0 Å². The first-order valence-electron chi connectivity index (χ1n) is 8.31. The van der Waals surface area contributed by atoms with E-state index in [9.17, 15) is 9.59 Å². The summed E-state index contributed by atoms with van der Waals surface area (Å²) in [5.41, 5.74) is 1.67. The van der Waals surface area contributed by atoms with Crippen molar-refractivity contribution >= 4 is 11.2 Å². The normalized spacial score (nSPS) is 11.3. The van der Waals surface area contributed by atoms with E-state index in [1.807, 2.05) is 36.7 Å². The van der Waals surface area contributed by atoms with E-state index in [-0.39, 0.29) is 11.2 Å². The number of aromatic nitrogens is 4. The third-order valence-corrected chi connectivity index (χ3v) is 4.45. The van der Waals surface area contributed by atoms with Crippen LogP contribution >= 0.6 is 0 Å². The Balaban J connectivity index is 2.11. The first-order chi connectivity index (χ1) is 11.6. The fraction of sp³-hybridized carbons (Fsp3) is 0.389. The third-order valence-electron chi connectivity index (χ3n) is 4.45. The van der Waals surface area contributed by atoms with Gasteiger partial charge in [0.1, 0.15) is 5.82 Å². The molecule has 0 aliphatic heterocycles. The molecule has 0 N–H and O–H groups in total. The molecule has 0 aliphatic rings. The quantitative estimate of drug-likeness (QED) is 0.717. The van der Waals surface area contributed by atoms with Crippen LogP contribution in [0, 0.1) is 0 Å². The lowest BCUT2D eigenvalue weighted by Gasteiger charge is -2.08. The van der Waals surface area contributed by atoms with Gasteiger partial charge in [0.05, 0.1) is 0 Å². The number of hydrogen-bond acceptors (Lipinski definition) is 3. The predicted molar refractivity (Wildman–Crippen MR) is 94.4 cm³/mol. The average Bonchev–Trinajstić information content (AvgIpc) is 2.91. The lowest BCUT2D eigenvalue weighted by molar-refractivity contribution is 0.604. The van der Waals surface area contributed by atoms with Crippen molar-refractivity contribution in [2.24, 2.45) is 7.05 Å². The topological polar surface area (TPSA) is 61.8 Å². The van der Waals surface area contributed by atoms with E-state index in [0.29, 0.717) is 24.3 Å². The Labute approximate surface area is 140 Å². The van der Waals surface area contributed by atoms with Gasteiger partial charge in [0.25, 0.3) is 5.56 Å². The van der Waals surface area contributed by atoms with Crippen LogP contribution in [0.3, 0.4) is 0 Å². The standard InChI is InChI=1S/C18H22N4O2/c1-4-21-16-15(17(23)22(5-2)18(21)24)20(3)14(19-16)12-11-13-9-7-6-8-10-13/h6-10H,4-5,11-12H2,1-3H3. The molecule has 0 amide bonds. The summed E-state index contributed by atoms with van der Waals surface area (Å²) < 4.78 is 4.68. The van der Waals surface area contributed by atoms with E-state index in [2.05, 4.69) is 17.1 Å². The predicted octanol–water partition coefficient (Wildman–Crippen LogP) is 1.72. The maximum Gasteiger partial charge on any atom is 0.332 e. The second-order valence-electron chi connectivity index (χ2n) is 5.82. The molecule has 3 rings (SSSR count). The minimum atomic E-state index is -0.287. The molecule has 6 nitrogen and oxygen atoms in total. The van der Waals surface area contributed by atoms with Crippen molar-refractivity contribution in [1.82, 2.24) is 18.7 Å². The zero-order chi connectivity index (χ0) is 17.3. The highest BCUT2D eigenvalue weighted by Gasteiger charge is 2.18. The average molecular weight is 326 g/mol. The van der Waals surface area contributed by atoms with Gasteiger partial charge in [0, 0.05) is 26.6 Å². The summed E-state index contributed by atoms with van der Waals surface area (Å²) in [5.74, 6) is 0.821. The Bertz CT molecular complexity index is 980. The molecule has 0 saturated heterocycles. The van der Waals surface area contributed by atoms with E-state index in [4.69, 9.17) is 0 Å². The molecule has 0 radical (unpaired) electrons. The monoisotopic (exact) mass is 326 g/mol. The maximum atomic E-state index is 12.6. The summed E-state index contributed by atoms with van der Waals surface area (Å²) in [4.78, 5) is 29.7.